The monoisotopic (exact) mass is 283 g/mol. The molecular formula is C17H17NO3. The summed E-state index contributed by atoms with van der Waals surface area (Å²) in [5, 5.41) is 1.04. The number of furan rings is 1. The largest absolute Gasteiger partial charge is 0.493 e. The zero-order valence-electron chi connectivity index (χ0n) is 11.8. The van der Waals surface area contributed by atoms with E-state index in [2.05, 4.69) is 0 Å². The van der Waals surface area contributed by atoms with E-state index in [1.54, 1.807) is 7.11 Å². The second-order valence-electron chi connectivity index (χ2n) is 4.73. The van der Waals surface area contributed by atoms with Crippen molar-refractivity contribution in [2.75, 3.05) is 7.11 Å². The smallest absolute Gasteiger partial charge is 0.161 e. The van der Waals surface area contributed by atoms with Crippen LogP contribution in [0.3, 0.4) is 0 Å². The van der Waals surface area contributed by atoms with E-state index in [1.165, 1.54) is 0 Å². The van der Waals surface area contributed by atoms with Crippen molar-refractivity contribution in [2.24, 2.45) is 5.73 Å². The van der Waals surface area contributed by atoms with Gasteiger partial charge in [-0.05, 0) is 35.9 Å². The highest BCUT2D eigenvalue weighted by atomic mass is 16.5. The van der Waals surface area contributed by atoms with Crippen LogP contribution in [0, 0.1) is 0 Å². The summed E-state index contributed by atoms with van der Waals surface area (Å²) >= 11 is 0. The van der Waals surface area contributed by atoms with E-state index in [1.807, 2.05) is 48.5 Å². The molecule has 1 aromatic heterocycles. The molecule has 0 radical (unpaired) electrons. The lowest BCUT2D eigenvalue weighted by atomic mass is 10.1. The number of hydrogen-bond acceptors (Lipinski definition) is 4. The Hall–Kier alpha value is -2.46. The minimum absolute atomic E-state index is 0.354. The fourth-order valence-corrected chi connectivity index (χ4v) is 2.23. The summed E-state index contributed by atoms with van der Waals surface area (Å²) in [4.78, 5) is 0. The van der Waals surface area contributed by atoms with Crippen molar-refractivity contribution >= 4 is 11.0 Å². The van der Waals surface area contributed by atoms with Gasteiger partial charge >= 0.3 is 0 Å². The van der Waals surface area contributed by atoms with Crippen LogP contribution in [0.4, 0.5) is 0 Å². The molecule has 4 heteroatoms. The molecule has 1 heterocycles. The fourth-order valence-electron chi connectivity index (χ4n) is 2.23. The molecule has 0 unspecified atom stereocenters. The molecular weight excluding hydrogens is 266 g/mol. The summed E-state index contributed by atoms with van der Waals surface area (Å²) in [5.74, 6) is 2.17. The van der Waals surface area contributed by atoms with Gasteiger partial charge in [-0.1, -0.05) is 18.2 Å². The average molecular weight is 283 g/mol. The predicted molar refractivity (Wildman–Crippen MR) is 81.4 cm³/mol. The topological polar surface area (TPSA) is 57.6 Å². The van der Waals surface area contributed by atoms with Gasteiger partial charge in [0.05, 0.1) is 7.11 Å². The highest BCUT2D eigenvalue weighted by Crippen LogP contribution is 2.28. The fraction of sp³-hybridized carbons (Fsp3) is 0.176. The molecule has 21 heavy (non-hydrogen) atoms. The van der Waals surface area contributed by atoms with E-state index >= 15 is 0 Å². The number of nitrogens with two attached hydrogens (primary N) is 1. The van der Waals surface area contributed by atoms with Crippen LogP contribution in [0.1, 0.15) is 11.3 Å². The van der Waals surface area contributed by atoms with E-state index in [0.717, 1.165) is 22.3 Å². The number of ether oxygens (including phenoxy) is 2. The first-order valence-electron chi connectivity index (χ1n) is 6.77. The summed E-state index contributed by atoms with van der Waals surface area (Å²) in [6.07, 6.45) is 0. The van der Waals surface area contributed by atoms with Crippen LogP contribution < -0.4 is 15.2 Å². The minimum atomic E-state index is 0.354. The molecule has 0 saturated carbocycles. The van der Waals surface area contributed by atoms with Crippen LogP contribution in [-0.2, 0) is 13.2 Å². The van der Waals surface area contributed by atoms with Gasteiger partial charge in [0, 0.05) is 11.9 Å². The summed E-state index contributed by atoms with van der Waals surface area (Å²) < 4.78 is 16.8. The molecule has 2 aromatic carbocycles. The van der Waals surface area contributed by atoms with Gasteiger partial charge in [-0.2, -0.15) is 0 Å². The van der Waals surface area contributed by atoms with Crippen molar-refractivity contribution in [1.29, 1.82) is 0 Å². The third-order valence-corrected chi connectivity index (χ3v) is 3.31. The molecule has 0 aliphatic rings. The maximum atomic E-state index is 5.76. The highest BCUT2D eigenvalue weighted by molar-refractivity contribution is 5.78. The normalized spacial score (nSPS) is 10.8. The van der Waals surface area contributed by atoms with Gasteiger partial charge < -0.3 is 19.6 Å². The standard InChI is InChI=1S/C17H17NO3/c1-19-16-4-2-3-5-17(16)20-11-14-9-13-8-12(10-18)6-7-15(13)21-14/h2-9H,10-11,18H2,1H3. The van der Waals surface area contributed by atoms with E-state index in [4.69, 9.17) is 19.6 Å². The Kier molecular flexibility index (Phi) is 3.79. The van der Waals surface area contributed by atoms with Crippen molar-refractivity contribution in [3.8, 4) is 11.5 Å². The Morgan fingerprint density at radius 1 is 1.05 bits per heavy atom. The average Bonchev–Trinajstić information content (AvgIpc) is 2.94. The SMILES string of the molecule is COc1ccccc1OCc1cc2cc(CN)ccc2o1. The van der Waals surface area contributed by atoms with E-state index in [0.29, 0.717) is 24.7 Å². The van der Waals surface area contributed by atoms with E-state index < -0.39 is 0 Å². The van der Waals surface area contributed by atoms with Crippen LogP contribution >= 0.6 is 0 Å². The number of methoxy groups -OCH3 is 1. The number of para-hydroxylation sites is 2. The molecule has 2 N–H and O–H groups in total. The molecule has 0 amide bonds. The number of fused-ring (bicyclic) bond motifs is 1. The molecule has 0 aliphatic heterocycles. The Bertz CT molecular complexity index is 749. The molecule has 3 aromatic rings. The van der Waals surface area contributed by atoms with Gasteiger partial charge in [0.1, 0.15) is 18.0 Å². The zero-order chi connectivity index (χ0) is 14.7. The first kappa shape index (κ1) is 13.5. The van der Waals surface area contributed by atoms with Gasteiger partial charge in [0.25, 0.3) is 0 Å². The lowest BCUT2D eigenvalue weighted by molar-refractivity contribution is 0.259. The van der Waals surface area contributed by atoms with E-state index in [-0.39, 0.29) is 0 Å². The van der Waals surface area contributed by atoms with Crippen LogP contribution in [-0.4, -0.2) is 7.11 Å². The van der Waals surface area contributed by atoms with Crippen LogP contribution in [0.2, 0.25) is 0 Å². The molecule has 0 spiro atoms. The van der Waals surface area contributed by atoms with Crippen molar-refractivity contribution in [3.05, 3.63) is 59.9 Å². The third-order valence-electron chi connectivity index (χ3n) is 3.31. The Balaban J connectivity index is 1.79. The Labute approximate surface area is 123 Å². The van der Waals surface area contributed by atoms with Gasteiger partial charge in [0.15, 0.2) is 11.5 Å². The maximum Gasteiger partial charge on any atom is 0.161 e. The summed E-state index contributed by atoms with van der Waals surface area (Å²) in [6, 6.07) is 15.5. The first-order valence-corrected chi connectivity index (χ1v) is 6.77. The van der Waals surface area contributed by atoms with Gasteiger partial charge in [0.2, 0.25) is 0 Å². The second-order valence-corrected chi connectivity index (χ2v) is 4.73. The summed E-state index contributed by atoms with van der Waals surface area (Å²) in [5.41, 5.74) is 7.57. The first-order chi connectivity index (χ1) is 10.3. The summed E-state index contributed by atoms with van der Waals surface area (Å²) in [6.45, 7) is 0.876. The Morgan fingerprint density at radius 3 is 2.62 bits per heavy atom. The molecule has 0 aliphatic carbocycles. The van der Waals surface area contributed by atoms with Crippen molar-refractivity contribution in [1.82, 2.24) is 0 Å². The summed E-state index contributed by atoms with van der Waals surface area (Å²) in [7, 11) is 1.62. The quantitative estimate of drug-likeness (QED) is 0.779. The van der Waals surface area contributed by atoms with Crippen LogP contribution in [0.5, 0.6) is 11.5 Å². The molecule has 0 saturated heterocycles. The second kappa shape index (κ2) is 5.89. The molecule has 4 nitrogen and oxygen atoms in total. The lowest BCUT2D eigenvalue weighted by Gasteiger charge is -2.08. The van der Waals surface area contributed by atoms with E-state index in [9.17, 15) is 0 Å². The molecule has 0 bridgehead atoms. The maximum absolute atomic E-state index is 5.76. The minimum Gasteiger partial charge on any atom is -0.493 e. The Morgan fingerprint density at radius 2 is 1.86 bits per heavy atom. The van der Waals surface area contributed by atoms with Gasteiger partial charge in [-0.3, -0.25) is 0 Å². The van der Waals surface area contributed by atoms with Gasteiger partial charge in [-0.25, -0.2) is 0 Å². The number of rotatable bonds is 5. The number of benzene rings is 2. The number of hydrogen-bond donors (Lipinski definition) is 1. The molecule has 108 valence electrons. The van der Waals surface area contributed by atoms with Gasteiger partial charge in [-0.15, -0.1) is 0 Å². The highest BCUT2D eigenvalue weighted by Gasteiger charge is 2.07. The molecule has 0 fully saturated rings. The van der Waals surface area contributed by atoms with Crippen molar-refractivity contribution < 1.29 is 13.9 Å². The van der Waals surface area contributed by atoms with Crippen LogP contribution in [0.15, 0.2) is 52.9 Å². The van der Waals surface area contributed by atoms with Crippen molar-refractivity contribution in [3.63, 3.8) is 0 Å². The third kappa shape index (κ3) is 2.85. The van der Waals surface area contributed by atoms with Crippen LogP contribution in [0.25, 0.3) is 11.0 Å². The molecule has 3 rings (SSSR count). The van der Waals surface area contributed by atoms with Crippen molar-refractivity contribution in [2.45, 2.75) is 13.2 Å². The lowest BCUT2D eigenvalue weighted by Crippen LogP contribution is -1.96. The zero-order valence-corrected chi connectivity index (χ0v) is 11.8. The predicted octanol–water partition coefficient (Wildman–Crippen LogP) is 3.48. The molecule has 0 atom stereocenters.